The Hall–Kier alpha value is -1.84. The Labute approximate surface area is 106 Å². The molecule has 1 aromatic carbocycles. The van der Waals surface area contributed by atoms with Crippen LogP contribution in [0.2, 0.25) is 0 Å². The number of ether oxygens (including phenoxy) is 1. The lowest BCUT2D eigenvalue weighted by Crippen LogP contribution is -2.24. The fourth-order valence-corrected chi connectivity index (χ4v) is 2.34. The monoisotopic (exact) mass is 247 g/mol. The van der Waals surface area contributed by atoms with E-state index in [0.717, 1.165) is 18.4 Å². The summed E-state index contributed by atoms with van der Waals surface area (Å²) in [5, 5.41) is 2.91. The minimum Gasteiger partial charge on any atom is -0.462 e. The van der Waals surface area contributed by atoms with E-state index in [4.69, 9.17) is 4.74 Å². The number of aryl methyl sites for hydroxylation is 1. The lowest BCUT2D eigenvalue weighted by molar-refractivity contribution is -0.119. The molecule has 1 atom stereocenters. The maximum Gasteiger partial charge on any atom is 0.338 e. The lowest BCUT2D eigenvalue weighted by atomic mass is 10.0. The number of carbonyl (C=O) groups is 2. The van der Waals surface area contributed by atoms with Crippen LogP contribution < -0.4 is 5.32 Å². The average Bonchev–Trinajstić information content (AvgIpc) is 2.71. The van der Waals surface area contributed by atoms with Gasteiger partial charge in [-0.25, -0.2) is 4.79 Å². The van der Waals surface area contributed by atoms with Crippen LogP contribution in [-0.4, -0.2) is 18.5 Å². The Morgan fingerprint density at radius 1 is 1.44 bits per heavy atom. The van der Waals surface area contributed by atoms with Crippen LogP contribution in [0.1, 0.15) is 47.8 Å². The number of fused-ring (bicyclic) bond motifs is 1. The highest BCUT2D eigenvalue weighted by Crippen LogP contribution is 2.31. The molecule has 0 saturated heterocycles. The van der Waals surface area contributed by atoms with E-state index in [1.165, 1.54) is 12.5 Å². The molecular formula is C14H17NO3. The highest BCUT2D eigenvalue weighted by Gasteiger charge is 2.24. The molecule has 0 radical (unpaired) electrons. The van der Waals surface area contributed by atoms with Crippen molar-refractivity contribution >= 4 is 11.9 Å². The third-order valence-electron chi connectivity index (χ3n) is 3.11. The molecule has 2 rings (SSSR count). The van der Waals surface area contributed by atoms with Crippen molar-refractivity contribution in [2.45, 2.75) is 32.7 Å². The zero-order valence-corrected chi connectivity index (χ0v) is 10.7. The zero-order valence-electron chi connectivity index (χ0n) is 10.7. The van der Waals surface area contributed by atoms with Crippen molar-refractivity contribution in [3.63, 3.8) is 0 Å². The number of esters is 1. The molecule has 4 heteroatoms. The number of hydrogen-bond acceptors (Lipinski definition) is 3. The molecule has 1 aromatic rings. The Bertz CT molecular complexity index is 482. The van der Waals surface area contributed by atoms with Gasteiger partial charge in [-0.1, -0.05) is 6.07 Å². The second-order valence-electron chi connectivity index (χ2n) is 4.43. The Balaban J connectivity index is 2.24. The van der Waals surface area contributed by atoms with Crippen molar-refractivity contribution in [1.82, 2.24) is 5.32 Å². The standard InChI is InChI=1S/C14H17NO3/c1-3-18-14(17)11-5-4-10-6-7-13(12(10)8-11)15-9(2)16/h4-5,8,13H,3,6-7H2,1-2H3,(H,15,16). The van der Waals surface area contributed by atoms with Gasteiger partial charge in [-0.3, -0.25) is 4.79 Å². The minimum atomic E-state index is -0.311. The van der Waals surface area contributed by atoms with Crippen molar-refractivity contribution in [2.24, 2.45) is 0 Å². The summed E-state index contributed by atoms with van der Waals surface area (Å²) in [5.41, 5.74) is 2.78. The molecular weight excluding hydrogens is 230 g/mol. The Kier molecular flexibility index (Phi) is 3.65. The van der Waals surface area contributed by atoms with Crippen LogP contribution in [0.5, 0.6) is 0 Å². The van der Waals surface area contributed by atoms with Crippen LogP contribution in [0.15, 0.2) is 18.2 Å². The molecule has 0 aromatic heterocycles. The molecule has 1 amide bonds. The largest absolute Gasteiger partial charge is 0.462 e. The van der Waals surface area contributed by atoms with Crippen LogP contribution in [0.25, 0.3) is 0 Å². The van der Waals surface area contributed by atoms with Gasteiger partial charge in [0.15, 0.2) is 0 Å². The molecule has 1 aliphatic carbocycles. The number of amides is 1. The third-order valence-corrected chi connectivity index (χ3v) is 3.11. The number of hydrogen-bond donors (Lipinski definition) is 1. The maximum atomic E-state index is 11.7. The van der Waals surface area contributed by atoms with Gasteiger partial charge in [0.1, 0.15) is 0 Å². The molecule has 18 heavy (non-hydrogen) atoms. The molecule has 0 fully saturated rings. The summed E-state index contributed by atoms with van der Waals surface area (Å²) in [6, 6.07) is 5.59. The minimum absolute atomic E-state index is 0.0203. The lowest BCUT2D eigenvalue weighted by Gasteiger charge is -2.13. The van der Waals surface area contributed by atoms with E-state index >= 15 is 0 Å². The summed E-state index contributed by atoms with van der Waals surface area (Å²) in [6.07, 6.45) is 1.82. The molecule has 0 aliphatic heterocycles. The first-order valence-corrected chi connectivity index (χ1v) is 6.19. The van der Waals surface area contributed by atoms with Crippen molar-refractivity contribution in [2.75, 3.05) is 6.61 Å². The van der Waals surface area contributed by atoms with Crippen molar-refractivity contribution in [1.29, 1.82) is 0 Å². The van der Waals surface area contributed by atoms with Gasteiger partial charge in [-0.15, -0.1) is 0 Å². The fraction of sp³-hybridized carbons (Fsp3) is 0.429. The van der Waals surface area contributed by atoms with E-state index in [1.807, 2.05) is 12.1 Å². The van der Waals surface area contributed by atoms with Crippen LogP contribution in [0.3, 0.4) is 0 Å². The van der Waals surface area contributed by atoms with E-state index in [2.05, 4.69) is 5.32 Å². The van der Waals surface area contributed by atoms with Gasteiger partial charge in [0.25, 0.3) is 0 Å². The SMILES string of the molecule is CCOC(=O)c1ccc2c(c1)C(NC(C)=O)CC2. The zero-order chi connectivity index (χ0) is 13.1. The van der Waals surface area contributed by atoms with E-state index in [9.17, 15) is 9.59 Å². The van der Waals surface area contributed by atoms with Gasteiger partial charge < -0.3 is 10.1 Å². The van der Waals surface area contributed by atoms with Gasteiger partial charge in [-0.2, -0.15) is 0 Å². The molecule has 0 spiro atoms. The second-order valence-corrected chi connectivity index (χ2v) is 4.43. The van der Waals surface area contributed by atoms with Gasteiger partial charge in [-0.05, 0) is 43.0 Å². The van der Waals surface area contributed by atoms with Crippen molar-refractivity contribution in [3.8, 4) is 0 Å². The summed E-state index contributed by atoms with van der Waals surface area (Å²) in [6.45, 7) is 3.66. The van der Waals surface area contributed by atoms with E-state index in [0.29, 0.717) is 12.2 Å². The molecule has 1 aliphatic rings. The quantitative estimate of drug-likeness (QED) is 0.831. The van der Waals surface area contributed by atoms with Gasteiger partial charge in [0, 0.05) is 6.92 Å². The smallest absolute Gasteiger partial charge is 0.338 e. The first-order chi connectivity index (χ1) is 8.61. The van der Waals surface area contributed by atoms with E-state index in [1.54, 1.807) is 13.0 Å². The normalized spacial score (nSPS) is 17.1. The van der Waals surface area contributed by atoms with Crippen LogP contribution >= 0.6 is 0 Å². The van der Waals surface area contributed by atoms with Crippen LogP contribution in [0, 0.1) is 0 Å². The Morgan fingerprint density at radius 3 is 2.89 bits per heavy atom. The average molecular weight is 247 g/mol. The third kappa shape index (κ3) is 2.53. The summed E-state index contributed by atoms with van der Waals surface area (Å²) in [5.74, 6) is -0.358. The molecule has 0 saturated carbocycles. The number of benzene rings is 1. The van der Waals surface area contributed by atoms with Crippen molar-refractivity contribution in [3.05, 3.63) is 34.9 Å². The van der Waals surface area contributed by atoms with Crippen LogP contribution in [0.4, 0.5) is 0 Å². The van der Waals surface area contributed by atoms with Gasteiger partial charge in [0.05, 0.1) is 18.2 Å². The molecule has 0 bridgehead atoms. The summed E-state index contributed by atoms with van der Waals surface area (Å²) in [4.78, 5) is 22.8. The maximum absolute atomic E-state index is 11.7. The highest BCUT2D eigenvalue weighted by atomic mass is 16.5. The molecule has 0 heterocycles. The van der Waals surface area contributed by atoms with E-state index < -0.39 is 0 Å². The van der Waals surface area contributed by atoms with Gasteiger partial charge in [0.2, 0.25) is 5.91 Å². The molecule has 1 unspecified atom stereocenters. The predicted molar refractivity (Wildman–Crippen MR) is 67.3 cm³/mol. The molecule has 96 valence electrons. The highest BCUT2D eigenvalue weighted by molar-refractivity contribution is 5.89. The summed E-state index contributed by atoms with van der Waals surface area (Å²) >= 11 is 0. The number of carbonyl (C=O) groups excluding carboxylic acids is 2. The molecule has 1 N–H and O–H groups in total. The van der Waals surface area contributed by atoms with Gasteiger partial charge >= 0.3 is 5.97 Å². The van der Waals surface area contributed by atoms with Crippen LogP contribution in [-0.2, 0) is 16.0 Å². The number of nitrogens with one attached hydrogen (secondary N) is 1. The summed E-state index contributed by atoms with van der Waals surface area (Å²) < 4.78 is 4.98. The fourth-order valence-electron chi connectivity index (χ4n) is 2.34. The Morgan fingerprint density at radius 2 is 2.22 bits per heavy atom. The molecule has 4 nitrogen and oxygen atoms in total. The predicted octanol–water partition coefficient (Wildman–Crippen LogP) is 1.99. The second kappa shape index (κ2) is 5.21. The first kappa shape index (κ1) is 12.6. The number of rotatable bonds is 3. The van der Waals surface area contributed by atoms with E-state index in [-0.39, 0.29) is 17.9 Å². The first-order valence-electron chi connectivity index (χ1n) is 6.19. The topological polar surface area (TPSA) is 55.4 Å². The van der Waals surface area contributed by atoms with Crippen molar-refractivity contribution < 1.29 is 14.3 Å². The summed E-state index contributed by atoms with van der Waals surface area (Å²) in [7, 11) is 0.